The number of hydrogen-bond donors (Lipinski definition) is 1. The van der Waals surface area contributed by atoms with Gasteiger partial charge >= 0.3 is 0 Å². The number of aromatic nitrogens is 2. The summed E-state index contributed by atoms with van der Waals surface area (Å²) in [7, 11) is 0. The molecule has 0 atom stereocenters. The summed E-state index contributed by atoms with van der Waals surface area (Å²) >= 11 is 0. The third-order valence-corrected chi connectivity index (χ3v) is 3.36. The molecular formula is C14H22N4O. The molecule has 0 spiro atoms. The van der Waals surface area contributed by atoms with Gasteiger partial charge in [0.15, 0.2) is 5.69 Å². The second-order valence-electron chi connectivity index (χ2n) is 4.94. The first kappa shape index (κ1) is 13.8. The van der Waals surface area contributed by atoms with Crippen LogP contribution in [0, 0.1) is 0 Å². The molecule has 104 valence electrons. The van der Waals surface area contributed by atoms with Crippen LogP contribution >= 0.6 is 0 Å². The number of carbonyl (C=O) groups is 1. The molecule has 1 amide bonds. The van der Waals surface area contributed by atoms with Gasteiger partial charge in [0.1, 0.15) is 5.82 Å². The molecule has 0 radical (unpaired) electrons. The van der Waals surface area contributed by atoms with Crippen molar-refractivity contribution in [3.63, 3.8) is 0 Å². The van der Waals surface area contributed by atoms with Gasteiger partial charge in [0.2, 0.25) is 0 Å². The minimum atomic E-state index is 0.00235. The molecule has 0 unspecified atom stereocenters. The zero-order valence-electron chi connectivity index (χ0n) is 11.6. The van der Waals surface area contributed by atoms with E-state index >= 15 is 0 Å². The third kappa shape index (κ3) is 3.91. The first-order valence-corrected chi connectivity index (χ1v) is 7.18. The fourth-order valence-electron chi connectivity index (χ4n) is 2.21. The predicted molar refractivity (Wildman–Crippen MR) is 75.2 cm³/mol. The van der Waals surface area contributed by atoms with Gasteiger partial charge in [-0.15, -0.1) is 10.2 Å². The van der Waals surface area contributed by atoms with Crippen LogP contribution in [-0.4, -0.2) is 40.6 Å². The Morgan fingerprint density at radius 2 is 2.05 bits per heavy atom. The number of amides is 1. The predicted octanol–water partition coefficient (Wildman–Crippen LogP) is 2.31. The van der Waals surface area contributed by atoms with Crippen molar-refractivity contribution in [3.8, 4) is 0 Å². The van der Waals surface area contributed by atoms with E-state index in [2.05, 4.69) is 22.4 Å². The molecule has 19 heavy (non-hydrogen) atoms. The van der Waals surface area contributed by atoms with Gasteiger partial charge in [-0.3, -0.25) is 4.79 Å². The molecule has 2 heterocycles. The fraction of sp³-hybridized carbons (Fsp3) is 0.643. The summed E-state index contributed by atoms with van der Waals surface area (Å²) in [6, 6.07) is 3.60. The lowest BCUT2D eigenvalue weighted by molar-refractivity contribution is 0.0786. The standard InChI is InChI=1S/C14H22N4O/c1-2-3-4-9-15-13-8-7-12(16-17-13)14(19)18-10-5-6-11-18/h7-8H,2-6,9-11H2,1H3,(H,15,17). The van der Waals surface area contributed by atoms with Gasteiger partial charge in [0.25, 0.3) is 5.91 Å². The molecule has 1 saturated heterocycles. The number of anilines is 1. The number of carbonyl (C=O) groups excluding carboxylic acids is 1. The summed E-state index contributed by atoms with van der Waals surface area (Å²) in [4.78, 5) is 13.9. The molecular weight excluding hydrogens is 240 g/mol. The maximum absolute atomic E-state index is 12.1. The third-order valence-electron chi connectivity index (χ3n) is 3.36. The lowest BCUT2D eigenvalue weighted by Gasteiger charge is -2.14. The van der Waals surface area contributed by atoms with Crippen LogP contribution < -0.4 is 5.32 Å². The fourth-order valence-corrected chi connectivity index (χ4v) is 2.21. The molecule has 5 heteroatoms. The van der Waals surface area contributed by atoms with Gasteiger partial charge in [-0.1, -0.05) is 19.8 Å². The highest BCUT2D eigenvalue weighted by Crippen LogP contribution is 2.12. The van der Waals surface area contributed by atoms with E-state index in [-0.39, 0.29) is 5.91 Å². The molecule has 1 N–H and O–H groups in total. The average molecular weight is 262 g/mol. The van der Waals surface area contributed by atoms with Crippen LogP contribution in [0.5, 0.6) is 0 Å². The molecule has 0 saturated carbocycles. The van der Waals surface area contributed by atoms with E-state index in [1.54, 1.807) is 6.07 Å². The normalized spacial score (nSPS) is 14.7. The highest BCUT2D eigenvalue weighted by molar-refractivity contribution is 5.92. The molecule has 5 nitrogen and oxygen atoms in total. The zero-order valence-corrected chi connectivity index (χ0v) is 11.6. The van der Waals surface area contributed by atoms with Crippen molar-refractivity contribution in [1.82, 2.24) is 15.1 Å². The minimum absolute atomic E-state index is 0.00235. The summed E-state index contributed by atoms with van der Waals surface area (Å²) in [5.74, 6) is 0.747. The Hall–Kier alpha value is -1.65. The summed E-state index contributed by atoms with van der Waals surface area (Å²) in [5, 5.41) is 11.3. The maximum atomic E-state index is 12.1. The number of rotatable bonds is 6. The van der Waals surface area contributed by atoms with Gasteiger partial charge in [-0.25, -0.2) is 0 Å². The van der Waals surface area contributed by atoms with E-state index in [1.807, 2.05) is 11.0 Å². The second-order valence-corrected chi connectivity index (χ2v) is 4.94. The Morgan fingerprint density at radius 1 is 1.26 bits per heavy atom. The van der Waals surface area contributed by atoms with Crippen molar-refractivity contribution in [2.75, 3.05) is 25.0 Å². The van der Waals surface area contributed by atoms with Crippen LogP contribution in [0.15, 0.2) is 12.1 Å². The average Bonchev–Trinajstić information content (AvgIpc) is 2.98. The number of nitrogens with zero attached hydrogens (tertiary/aromatic N) is 3. The topological polar surface area (TPSA) is 58.1 Å². The number of hydrogen-bond acceptors (Lipinski definition) is 4. The summed E-state index contributed by atoms with van der Waals surface area (Å²) in [5.41, 5.74) is 0.445. The van der Waals surface area contributed by atoms with Gasteiger partial charge in [-0.2, -0.15) is 0 Å². The van der Waals surface area contributed by atoms with Crippen molar-refractivity contribution in [2.45, 2.75) is 39.0 Å². The highest BCUT2D eigenvalue weighted by atomic mass is 16.2. The molecule has 0 aromatic carbocycles. The number of unbranched alkanes of at least 4 members (excludes halogenated alkanes) is 2. The molecule has 1 aliphatic rings. The van der Waals surface area contributed by atoms with Crippen LogP contribution in [-0.2, 0) is 0 Å². The lowest BCUT2D eigenvalue weighted by atomic mass is 10.2. The van der Waals surface area contributed by atoms with Crippen molar-refractivity contribution in [1.29, 1.82) is 0 Å². The zero-order chi connectivity index (χ0) is 13.5. The monoisotopic (exact) mass is 262 g/mol. The SMILES string of the molecule is CCCCCNc1ccc(C(=O)N2CCCC2)nn1. The summed E-state index contributed by atoms with van der Waals surface area (Å²) in [6.07, 6.45) is 5.74. The summed E-state index contributed by atoms with van der Waals surface area (Å²) in [6.45, 7) is 4.77. The van der Waals surface area contributed by atoms with E-state index < -0.39 is 0 Å². The molecule has 2 rings (SSSR count). The minimum Gasteiger partial charge on any atom is -0.369 e. The number of nitrogens with one attached hydrogen (secondary N) is 1. The smallest absolute Gasteiger partial charge is 0.274 e. The second kappa shape index (κ2) is 7.07. The summed E-state index contributed by atoms with van der Waals surface area (Å²) < 4.78 is 0. The Bertz CT molecular complexity index is 398. The Labute approximate surface area is 114 Å². The number of likely N-dealkylation sites (tertiary alicyclic amines) is 1. The van der Waals surface area contributed by atoms with Crippen LogP contribution in [0.4, 0.5) is 5.82 Å². The van der Waals surface area contributed by atoms with Gasteiger partial charge in [0, 0.05) is 19.6 Å². The van der Waals surface area contributed by atoms with Crippen molar-refractivity contribution >= 4 is 11.7 Å². The van der Waals surface area contributed by atoms with E-state index in [4.69, 9.17) is 0 Å². The molecule has 1 aromatic rings. The Balaban J connectivity index is 1.85. The van der Waals surface area contributed by atoms with Gasteiger partial charge < -0.3 is 10.2 Å². The molecule has 1 aromatic heterocycles. The van der Waals surface area contributed by atoms with E-state index in [9.17, 15) is 4.79 Å². The van der Waals surface area contributed by atoms with E-state index in [0.717, 1.165) is 44.7 Å². The van der Waals surface area contributed by atoms with Crippen LogP contribution in [0.1, 0.15) is 49.5 Å². The van der Waals surface area contributed by atoms with Crippen molar-refractivity contribution in [3.05, 3.63) is 17.8 Å². The van der Waals surface area contributed by atoms with Crippen molar-refractivity contribution in [2.24, 2.45) is 0 Å². The van der Waals surface area contributed by atoms with E-state index in [0.29, 0.717) is 5.69 Å². The van der Waals surface area contributed by atoms with Crippen molar-refractivity contribution < 1.29 is 4.79 Å². The lowest BCUT2D eigenvalue weighted by Crippen LogP contribution is -2.28. The first-order chi connectivity index (χ1) is 9.31. The first-order valence-electron chi connectivity index (χ1n) is 7.18. The largest absolute Gasteiger partial charge is 0.369 e. The van der Waals surface area contributed by atoms with E-state index in [1.165, 1.54) is 12.8 Å². The Morgan fingerprint density at radius 3 is 2.68 bits per heavy atom. The quantitative estimate of drug-likeness (QED) is 0.799. The molecule has 1 aliphatic heterocycles. The molecule has 0 aliphatic carbocycles. The van der Waals surface area contributed by atoms with Crippen LogP contribution in [0.25, 0.3) is 0 Å². The van der Waals surface area contributed by atoms with Gasteiger partial charge in [0.05, 0.1) is 0 Å². The van der Waals surface area contributed by atoms with Crippen LogP contribution in [0.2, 0.25) is 0 Å². The molecule has 0 bridgehead atoms. The maximum Gasteiger partial charge on any atom is 0.274 e. The van der Waals surface area contributed by atoms with Gasteiger partial charge in [-0.05, 0) is 31.4 Å². The highest BCUT2D eigenvalue weighted by Gasteiger charge is 2.20. The molecule has 1 fully saturated rings. The Kier molecular flexibility index (Phi) is 5.12. The van der Waals surface area contributed by atoms with Crippen LogP contribution in [0.3, 0.4) is 0 Å².